The first kappa shape index (κ1) is 36.7. The lowest BCUT2D eigenvalue weighted by Gasteiger charge is -2.64. The molecule has 0 bridgehead atoms. The van der Waals surface area contributed by atoms with E-state index in [1.165, 1.54) is 16.6 Å². The third-order valence-electron chi connectivity index (χ3n) is 15.3. The SMILES string of the molecule is C=C(C)[C@H]1C(=O)c2c3c(cc4c5c(n1c24)[C@@]1(C)[C@@H](CC[C@H]2[C@](C)(/C=C/C=C/Sc4ccc(Cl)cc4)[C@@H](O)CC[C@@]21C)C5)C1=CC(C)(C)OC(C)(C)[C@H]1[C@@H]3O. The van der Waals surface area contributed by atoms with Crippen molar-refractivity contribution in [3.8, 4) is 0 Å². The monoisotopic (exact) mass is 763 g/mol. The van der Waals surface area contributed by atoms with Crippen molar-refractivity contribution in [2.24, 2.45) is 28.6 Å². The molecule has 0 saturated heterocycles. The second-order valence-corrected chi connectivity index (χ2v) is 20.5. The van der Waals surface area contributed by atoms with E-state index in [2.05, 4.69) is 95.4 Å². The van der Waals surface area contributed by atoms with Crippen molar-refractivity contribution in [2.75, 3.05) is 0 Å². The van der Waals surface area contributed by atoms with Gasteiger partial charge < -0.3 is 19.5 Å². The summed E-state index contributed by atoms with van der Waals surface area (Å²) in [4.78, 5) is 16.1. The summed E-state index contributed by atoms with van der Waals surface area (Å²) in [5, 5.41) is 28.0. The average Bonchev–Trinajstić information content (AvgIpc) is 3.76. The van der Waals surface area contributed by atoms with Gasteiger partial charge in [0.15, 0.2) is 5.78 Å². The third-order valence-corrected chi connectivity index (χ3v) is 16.4. The van der Waals surface area contributed by atoms with E-state index >= 15 is 0 Å². The van der Waals surface area contributed by atoms with E-state index in [9.17, 15) is 15.0 Å². The number of allylic oxidation sites excluding steroid dienone is 3. The molecule has 0 radical (unpaired) electrons. The summed E-state index contributed by atoms with van der Waals surface area (Å²) in [6, 6.07) is 9.68. The molecule has 54 heavy (non-hydrogen) atoms. The number of fused-ring (bicyclic) bond motifs is 11. The molecular weight excluding hydrogens is 710 g/mol. The van der Waals surface area contributed by atoms with Crippen molar-refractivity contribution in [1.29, 1.82) is 0 Å². The minimum Gasteiger partial charge on any atom is -0.392 e. The molecule has 2 saturated carbocycles. The summed E-state index contributed by atoms with van der Waals surface area (Å²) in [5.74, 6) is 0.460. The Hall–Kier alpha value is -2.87. The zero-order valence-corrected chi connectivity index (χ0v) is 34.5. The zero-order chi connectivity index (χ0) is 38.5. The number of ether oxygens (including phenoxy) is 1. The predicted octanol–water partition coefficient (Wildman–Crippen LogP) is 11.1. The third kappa shape index (κ3) is 4.73. The molecule has 2 N–H and O–H groups in total. The maximum Gasteiger partial charge on any atom is 0.192 e. The van der Waals surface area contributed by atoms with Gasteiger partial charge in [-0.3, -0.25) is 4.79 Å². The molecule has 4 aliphatic carbocycles. The van der Waals surface area contributed by atoms with Crippen LogP contribution in [0.25, 0.3) is 16.5 Å². The molecule has 1 aromatic heterocycles. The number of carbonyl (C=O) groups is 1. The molecule has 284 valence electrons. The van der Waals surface area contributed by atoms with E-state index in [0.29, 0.717) is 11.5 Å². The van der Waals surface area contributed by atoms with Gasteiger partial charge >= 0.3 is 0 Å². The molecule has 9 atom stereocenters. The number of nitrogens with zero attached hydrogens (tertiary/aromatic N) is 1. The molecule has 7 heteroatoms. The first-order chi connectivity index (χ1) is 25.4. The van der Waals surface area contributed by atoms with E-state index in [4.69, 9.17) is 16.3 Å². The highest BCUT2D eigenvalue weighted by Crippen LogP contribution is 2.71. The molecule has 6 aliphatic rings. The van der Waals surface area contributed by atoms with Crippen LogP contribution in [-0.2, 0) is 16.6 Å². The summed E-state index contributed by atoms with van der Waals surface area (Å²) in [6.07, 6.45) is 12.1. The summed E-state index contributed by atoms with van der Waals surface area (Å²) in [7, 11) is 0. The Morgan fingerprint density at radius 1 is 1.04 bits per heavy atom. The number of benzene rings is 2. The van der Waals surface area contributed by atoms with Gasteiger partial charge in [0.05, 0.1) is 34.5 Å². The molecule has 5 nitrogen and oxygen atoms in total. The Balaban J connectivity index is 1.18. The Morgan fingerprint density at radius 2 is 1.76 bits per heavy atom. The number of aliphatic hydroxyl groups excluding tert-OH is 2. The smallest absolute Gasteiger partial charge is 0.192 e. The Labute approximate surface area is 329 Å². The summed E-state index contributed by atoms with van der Waals surface area (Å²) in [5.41, 5.74) is 6.16. The number of thioether (sulfide) groups is 1. The van der Waals surface area contributed by atoms with Crippen molar-refractivity contribution in [3.05, 3.63) is 105 Å². The second-order valence-electron chi connectivity index (χ2n) is 19.1. The number of hydrogen-bond donors (Lipinski definition) is 2. The van der Waals surface area contributed by atoms with Crippen molar-refractivity contribution >= 4 is 45.6 Å². The molecule has 0 spiro atoms. The number of hydrogen-bond acceptors (Lipinski definition) is 5. The zero-order valence-electron chi connectivity index (χ0n) is 32.9. The van der Waals surface area contributed by atoms with Crippen LogP contribution in [0.5, 0.6) is 0 Å². The van der Waals surface area contributed by atoms with Crippen LogP contribution in [0.2, 0.25) is 5.02 Å². The highest BCUT2D eigenvalue weighted by molar-refractivity contribution is 8.02. The fourth-order valence-electron chi connectivity index (χ4n) is 13.0. The number of halogens is 1. The topological polar surface area (TPSA) is 71.7 Å². The van der Waals surface area contributed by atoms with Crippen LogP contribution in [0, 0.1) is 28.6 Å². The number of aliphatic hydroxyl groups is 2. The van der Waals surface area contributed by atoms with Gasteiger partial charge in [0.25, 0.3) is 0 Å². The fraction of sp³-hybridized carbons (Fsp3) is 0.511. The number of aromatic nitrogens is 1. The molecule has 0 amide bonds. The first-order valence-electron chi connectivity index (χ1n) is 19.9. The molecule has 3 aromatic rings. The lowest BCUT2D eigenvalue weighted by molar-refractivity contribution is -0.144. The van der Waals surface area contributed by atoms with Crippen molar-refractivity contribution in [3.63, 3.8) is 0 Å². The average molecular weight is 764 g/mol. The van der Waals surface area contributed by atoms with Crippen LogP contribution in [0.4, 0.5) is 0 Å². The number of carbonyl (C=O) groups excluding carboxylic acids is 1. The molecule has 9 rings (SSSR count). The molecular formula is C47H54ClNO4S. The van der Waals surface area contributed by atoms with Crippen LogP contribution in [-0.4, -0.2) is 37.9 Å². The lowest BCUT2D eigenvalue weighted by atomic mass is 9.40. The standard InChI is InChI=1S/C47H54ClNO4S/c1-25(2)38-41(52)36-35-29(32-24-43(3,4)53-44(5,6)37(32)40(35)51)23-30-31-22-26-12-17-33-45(7,19-10-11-21-54-28-15-13-27(48)14-16-28)34(50)18-20-46(33,8)47(26,9)42(31)49(38)39(30)36/h10-11,13-16,19,21,23-24,26,33-34,37-38,40,50-51H,1,12,17-18,20,22H2,2-9H3/b19-10+,21-11+/t26-,33-,34-,37+,38-,40+,45-,46-,47+/m0/s1. The van der Waals surface area contributed by atoms with E-state index in [-0.39, 0.29) is 28.4 Å². The van der Waals surface area contributed by atoms with Gasteiger partial charge in [-0.05, 0) is 142 Å². The molecule has 3 heterocycles. The Morgan fingerprint density at radius 3 is 2.46 bits per heavy atom. The highest BCUT2D eigenvalue weighted by atomic mass is 35.5. The number of Topliss-reactive ketones (excluding diaryl/α,β-unsaturated/α-hetero) is 1. The van der Waals surface area contributed by atoms with E-state index < -0.39 is 34.9 Å². The van der Waals surface area contributed by atoms with Crippen LogP contribution in [0.1, 0.15) is 126 Å². The van der Waals surface area contributed by atoms with E-state index in [0.717, 1.165) is 69.8 Å². The van der Waals surface area contributed by atoms with Crippen LogP contribution >= 0.6 is 23.4 Å². The van der Waals surface area contributed by atoms with E-state index in [1.807, 2.05) is 31.2 Å². The summed E-state index contributed by atoms with van der Waals surface area (Å²) in [6.45, 7) is 22.0. The number of rotatable bonds is 5. The molecule has 2 aromatic carbocycles. The number of ketones is 1. The highest BCUT2D eigenvalue weighted by Gasteiger charge is 2.67. The summed E-state index contributed by atoms with van der Waals surface area (Å²) < 4.78 is 8.94. The Bertz CT molecular complexity index is 2240. The molecule has 0 unspecified atom stereocenters. The van der Waals surface area contributed by atoms with Gasteiger partial charge in [0.1, 0.15) is 6.04 Å². The van der Waals surface area contributed by atoms with Crippen LogP contribution in [0.15, 0.2) is 77.1 Å². The largest absolute Gasteiger partial charge is 0.392 e. The maximum absolute atomic E-state index is 14.9. The quantitative estimate of drug-likeness (QED) is 0.154. The summed E-state index contributed by atoms with van der Waals surface area (Å²) >= 11 is 7.74. The van der Waals surface area contributed by atoms with Gasteiger partial charge in [0.2, 0.25) is 0 Å². The van der Waals surface area contributed by atoms with E-state index in [1.54, 1.807) is 11.8 Å². The fourth-order valence-corrected chi connectivity index (χ4v) is 13.8. The van der Waals surface area contributed by atoms with Gasteiger partial charge in [-0.25, -0.2) is 0 Å². The molecule has 2 fully saturated rings. The van der Waals surface area contributed by atoms with Gasteiger partial charge in [-0.15, -0.1) is 0 Å². The van der Waals surface area contributed by atoms with Gasteiger partial charge in [0, 0.05) is 43.3 Å². The predicted molar refractivity (Wildman–Crippen MR) is 220 cm³/mol. The maximum atomic E-state index is 14.9. The normalized spacial score (nSPS) is 37.0. The van der Waals surface area contributed by atoms with Crippen molar-refractivity contribution in [2.45, 2.75) is 127 Å². The van der Waals surface area contributed by atoms with Gasteiger partial charge in [-0.2, -0.15) is 0 Å². The van der Waals surface area contributed by atoms with Crippen molar-refractivity contribution in [1.82, 2.24) is 4.57 Å². The second kappa shape index (κ2) is 11.8. The van der Waals surface area contributed by atoms with Crippen molar-refractivity contribution < 1.29 is 19.7 Å². The molecule has 2 aliphatic heterocycles. The van der Waals surface area contributed by atoms with Gasteiger partial charge in [-0.1, -0.05) is 74.5 Å². The minimum atomic E-state index is -0.839. The minimum absolute atomic E-state index is 0.0538. The van der Waals surface area contributed by atoms with Crippen LogP contribution in [0.3, 0.4) is 0 Å². The Kier molecular flexibility index (Phi) is 8.05. The van der Waals surface area contributed by atoms with Crippen LogP contribution < -0.4 is 0 Å². The lowest BCUT2D eigenvalue weighted by Crippen LogP contribution is -2.62. The first-order valence-corrected chi connectivity index (χ1v) is 21.1.